The number of esters is 1. The van der Waals surface area contributed by atoms with Crippen molar-refractivity contribution in [2.75, 3.05) is 33.5 Å². The molecule has 1 aliphatic heterocycles. The molecule has 6 N–H and O–H groups in total. The average molecular weight is 515 g/mol. The fourth-order valence-corrected chi connectivity index (χ4v) is 4.34. The minimum absolute atomic E-state index is 0.00417. The van der Waals surface area contributed by atoms with E-state index >= 15 is 0 Å². The quantitative estimate of drug-likeness (QED) is 0.199. The molecule has 202 valence electrons. The number of fused-ring (bicyclic) bond motifs is 1. The van der Waals surface area contributed by atoms with E-state index in [4.69, 9.17) is 23.4 Å². The smallest absolute Gasteiger partial charge is 0.306 e. The average Bonchev–Trinajstić information content (AvgIpc) is 3.34. The Hall–Kier alpha value is -2.45. The first-order valence-electron chi connectivity index (χ1n) is 11.7. The molecule has 1 aromatic heterocycles. The Morgan fingerprint density at radius 2 is 1.92 bits per heavy atom. The van der Waals surface area contributed by atoms with Crippen LogP contribution >= 0.6 is 0 Å². The second-order valence-electron chi connectivity index (χ2n) is 8.71. The Morgan fingerprint density at radius 1 is 1.19 bits per heavy atom. The lowest BCUT2D eigenvalue weighted by molar-refractivity contribution is -0.325. The number of furan rings is 1. The predicted molar refractivity (Wildman–Crippen MR) is 123 cm³/mol. The van der Waals surface area contributed by atoms with Gasteiger partial charge < -0.3 is 54.0 Å². The summed E-state index contributed by atoms with van der Waals surface area (Å²) in [4.78, 5) is 12.0. The summed E-state index contributed by atoms with van der Waals surface area (Å²) in [6.07, 6.45) is -5.36. The Morgan fingerprint density at radius 3 is 2.53 bits per heavy atom. The summed E-state index contributed by atoms with van der Waals surface area (Å²) in [6, 6.07) is 3.40. The molecule has 36 heavy (non-hydrogen) atoms. The summed E-state index contributed by atoms with van der Waals surface area (Å²) < 4.78 is 27.8. The van der Waals surface area contributed by atoms with E-state index < -0.39 is 68.3 Å². The van der Waals surface area contributed by atoms with Crippen LogP contribution in [0.2, 0.25) is 0 Å². The van der Waals surface area contributed by atoms with Gasteiger partial charge in [-0.1, -0.05) is 0 Å². The van der Waals surface area contributed by atoms with Gasteiger partial charge in [0.1, 0.15) is 18.3 Å². The zero-order valence-electron chi connectivity index (χ0n) is 20.2. The number of benzene rings is 1. The molecule has 0 aliphatic carbocycles. The molecule has 5 atom stereocenters. The van der Waals surface area contributed by atoms with E-state index in [0.717, 1.165) is 0 Å². The fraction of sp³-hybridized carbons (Fsp3) is 0.625. The van der Waals surface area contributed by atoms with Crippen LogP contribution in [-0.2, 0) is 20.7 Å². The molecule has 0 bridgehead atoms. The largest absolute Gasteiger partial charge is 0.490 e. The molecule has 12 heteroatoms. The molecule has 0 radical (unpaired) electrons. The van der Waals surface area contributed by atoms with Crippen molar-refractivity contribution in [1.29, 1.82) is 0 Å². The number of hydrogen-bond donors (Lipinski definition) is 6. The summed E-state index contributed by atoms with van der Waals surface area (Å²) in [5.41, 5.74) is -1.53. The molecule has 3 rings (SSSR count). The molecular formula is C24H34O12. The first-order valence-corrected chi connectivity index (χ1v) is 11.7. The molecule has 0 saturated carbocycles. The number of carbonyl (C=O) groups is 1. The Kier molecular flexibility index (Phi) is 9.53. The van der Waals surface area contributed by atoms with E-state index in [2.05, 4.69) is 0 Å². The number of aryl methyl sites for hydroxylation is 1. The zero-order valence-corrected chi connectivity index (χ0v) is 20.2. The van der Waals surface area contributed by atoms with Crippen molar-refractivity contribution in [2.45, 2.75) is 56.4 Å². The molecule has 12 nitrogen and oxygen atoms in total. The number of hydrogen-bond acceptors (Lipinski definition) is 12. The molecule has 0 spiro atoms. The standard InChI is InChI=1S/C24H34O12/c1-3-33-17(28)5-4-14-8-15-6-7-34-19(15)21(32-2)20(14)36-23-24(31,9-13(10-25)11-26)22(30)18(29)16(12-27)35-23/h6-8,13,16,18,22-23,25-27,29-31H,3-5,9-12H2,1-2H3. The van der Waals surface area contributed by atoms with Crippen LogP contribution < -0.4 is 9.47 Å². The van der Waals surface area contributed by atoms with Crippen LogP contribution in [0.15, 0.2) is 22.8 Å². The monoisotopic (exact) mass is 514 g/mol. The number of rotatable bonds is 12. The summed E-state index contributed by atoms with van der Waals surface area (Å²) in [5.74, 6) is -1.15. The van der Waals surface area contributed by atoms with Crippen molar-refractivity contribution >= 4 is 16.9 Å². The van der Waals surface area contributed by atoms with Gasteiger partial charge in [-0.15, -0.1) is 0 Å². The van der Waals surface area contributed by atoms with Gasteiger partial charge in [0.25, 0.3) is 0 Å². The number of methoxy groups -OCH3 is 1. The van der Waals surface area contributed by atoms with Crippen LogP contribution in [0, 0.1) is 5.92 Å². The highest BCUT2D eigenvalue weighted by atomic mass is 16.7. The molecule has 2 aromatic rings. The van der Waals surface area contributed by atoms with Crippen LogP contribution in [0.25, 0.3) is 11.0 Å². The van der Waals surface area contributed by atoms with Crippen LogP contribution in [0.1, 0.15) is 25.3 Å². The van der Waals surface area contributed by atoms with Crippen molar-refractivity contribution in [3.63, 3.8) is 0 Å². The van der Waals surface area contributed by atoms with Gasteiger partial charge in [0.2, 0.25) is 12.0 Å². The van der Waals surface area contributed by atoms with Crippen LogP contribution in [-0.4, -0.2) is 100 Å². The summed E-state index contributed by atoms with van der Waals surface area (Å²) in [5, 5.41) is 62.2. The third-order valence-electron chi connectivity index (χ3n) is 6.30. The van der Waals surface area contributed by atoms with Gasteiger partial charge in [-0.25, -0.2) is 0 Å². The molecule has 1 saturated heterocycles. The van der Waals surface area contributed by atoms with Crippen LogP contribution in [0.3, 0.4) is 0 Å². The summed E-state index contributed by atoms with van der Waals surface area (Å²) >= 11 is 0. The van der Waals surface area contributed by atoms with Gasteiger partial charge in [0.05, 0.1) is 26.6 Å². The predicted octanol–water partition coefficient (Wildman–Crippen LogP) is -0.523. The maximum absolute atomic E-state index is 12.0. The van der Waals surface area contributed by atoms with Gasteiger partial charge >= 0.3 is 5.97 Å². The Bertz CT molecular complexity index is 1000. The van der Waals surface area contributed by atoms with Crippen LogP contribution in [0.5, 0.6) is 11.5 Å². The van der Waals surface area contributed by atoms with E-state index in [9.17, 15) is 35.4 Å². The minimum Gasteiger partial charge on any atom is -0.490 e. The highest BCUT2D eigenvalue weighted by molar-refractivity contribution is 5.87. The first-order chi connectivity index (χ1) is 17.2. The van der Waals surface area contributed by atoms with Gasteiger partial charge in [0.15, 0.2) is 16.9 Å². The van der Waals surface area contributed by atoms with Gasteiger partial charge in [-0.3, -0.25) is 4.79 Å². The van der Waals surface area contributed by atoms with Crippen molar-refractivity contribution in [3.8, 4) is 11.5 Å². The highest BCUT2D eigenvalue weighted by Gasteiger charge is 2.57. The number of ether oxygens (including phenoxy) is 4. The van der Waals surface area contributed by atoms with Crippen LogP contribution in [0.4, 0.5) is 0 Å². The third-order valence-corrected chi connectivity index (χ3v) is 6.30. The van der Waals surface area contributed by atoms with E-state index in [0.29, 0.717) is 16.5 Å². The second-order valence-corrected chi connectivity index (χ2v) is 8.71. The van der Waals surface area contributed by atoms with Gasteiger partial charge in [-0.05, 0) is 37.5 Å². The minimum atomic E-state index is -2.32. The molecule has 1 aliphatic rings. The number of aliphatic hydroxyl groups is 6. The highest BCUT2D eigenvalue weighted by Crippen LogP contribution is 2.44. The van der Waals surface area contributed by atoms with E-state index in [1.54, 1.807) is 19.1 Å². The first kappa shape index (κ1) is 28.1. The normalized spacial score (nSPS) is 26.4. The van der Waals surface area contributed by atoms with Gasteiger partial charge in [-0.2, -0.15) is 0 Å². The topological polar surface area (TPSA) is 189 Å². The maximum Gasteiger partial charge on any atom is 0.306 e. The molecule has 0 amide bonds. The van der Waals surface area contributed by atoms with E-state index in [1.807, 2.05) is 0 Å². The lowest BCUT2D eigenvalue weighted by Crippen LogP contribution is -2.68. The molecule has 1 fully saturated rings. The van der Waals surface area contributed by atoms with Crippen molar-refractivity contribution in [2.24, 2.45) is 5.92 Å². The van der Waals surface area contributed by atoms with Gasteiger partial charge in [0, 0.05) is 30.9 Å². The Balaban J connectivity index is 2.06. The molecular weight excluding hydrogens is 480 g/mol. The van der Waals surface area contributed by atoms with Crippen molar-refractivity contribution < 1.29 is 58.8 Å². The Labute approximate surface area is 207 Å². The van der Waals surface area contributed by atoms with Crippen molar-refractivity contribution in [1.82, 2.24) is 0 Å². The van der Waals surface area contributed by atoms with Crippen molar-refractivity contribution in [3.05, 3.63) is 24.0 Å². The molecule has 2 heterocycles. The lowest BCUT2D eigenvalue weighted by atomic mass is 9.80. The zero-order chi connectivity index (χ0) is 26.5. The third kappa shape index (κ3) is 5.59. The maximum atomic E-state index is 12.0. The fourth-order valence-electron chi connectivity index (χ4n) is 4.34. The summed E-state index contributed by atoms with van der Waals surface area (Å²) in [7, 11) is 1.37. The molecule has 1 aromatic carbocycles. The molecule has 5 unspecified atom stereocenters. The SMILES string of the molecule is CCOC(=O)CCc1cc2ccoc2c(OC)c1OC1OC(CO)C(O)C(O)C1(O)CC(CO)CO. The number of carbonyl (C=O) groups excluding carboxylic acids is 1. The lowest BCUT2D eigenvalue weighted by Gasteiger charge is -2.48. The summed E-state index contributed by atoms with van der Waals surface area (Å²) in [6.45, 7) is 0.169. The second kappa shape index (κ2) is 12.2. The van der Waals surface area contributed by atoms with E-state index in [-0.39, 0.29) is 30.9 Å². The van der Waals surface area contributed by atoms with E-state index in [1.165, 1.54) is 13.4 Å². The number of aliphatic hydroxyl groups excluding tert-OH is 5.